The summed E-state index contributed by atoms with van der Waals surface area (Å²) in [5, 5.41) is 0.584. The lowest BCUT2D eigenvalue weighted by Crippen LogP contribution is -1.77. The highest BCUT2D eigenvalue weighted by molar-refractivity contribution is 6.30. The molecule has 76 valence electrons. The highest BCUT2D eigenvalue weighted by atomic mass is 35.5. The van der Waals surface area contributed by atoms with E-state index in [1.165, 1.54) is 6.08 Å². The predicted molar refractivity (Wildman–Crippen MR) is 61.0 cm³/mol. The predicted octanol–water partition coefficient (Wildman–Crippen LogP) is 3.46. The number of benzene rings is 1. The molecule has 0 aliphatic heterocycles. The molecule has 0 saturated carbocycles. The van der Waals surface area contributed by atoms with E-state index in [1.807, 2.05) is 0 Å². The van der Waals surface area contributed by atoms with Crippen molar-refractivity contribution in [2.75, 3.05) is 0 Å². The monoisotopic (exact) mass is 219 g/mol. The van der Waals surface area contributed by atoms with Crippen LogP contribution in [0, 0.1) is 11.8 Å². The van der Waals surface area contributed by atoms with Crippen molar-refractivity contribution in [3.8, 4) is 11.8 Å². The molecular weight excluding hydrogens is 210 g/mol. The van der Waals surface area contributed by atoms with Gasteiger partial charge in [0.25, 0.3) is 0 Å². The van der Waals surface area contributed by atoms with Gasteiger partial charge in [0, 0.05) is 11.4 Å². The lowest BCUT2D eigenvalue weighted by molar-refractivity contribution is 0.565. The molecule has 3 heteroatoms. The van der Waals surface area contributed by atoms with Crippen LogP contribution in [0.1, 0.15) is 25.3 Å². The van der Waals surface area contributed by atoms with E-state index in [0.29, 0.717) is 16.3 Å². The standard InChI is InChI=1S/C12H10ClNO/c1-2-3-4-5-10-8-11(13)6-7-12(10)14-9-15/h6-8H,2-3H2,1H3. The van der Waals surface area contributed by atoms with Crippen molar-refractivity contribution in [2.45, 2.75) is 19.8 Å². The Labute approximate surface area is 94.0 Å². The van der Waals surface area contributed by atoms with E-state index >= 15 is 0 Å². The third-order valence-corrected chi connectivity index (χ3v) is 1.96. The zero-order valence-electron chi connectivity index (χ0n) is 8.38. The maximum absolute atomic E-state index is 10.2. The molecule has 0 radical (unpaired) electrons. The summed E-state index contributed by atoms with van der Waals surface area (Å²) in [6, 6.07) is 5.02. The average molecular weight is 220 g/mol. The lowest BCUT2D eigenvalue weighted by atomic mass is 10.2. The molecule has 0 bridgehead atoms. The van der Waals surface area contributed by atoms with Crippen molar-refractivity contribution in [1.29, 1.82) is 0 Å². The normalized spacial score (nSPS) is 8.67. The first kappa shape index (κ1) is 11.5. The summed E-state index contributed by atoms with van der Waals surface area (Å²) in [7, 11) is 0. The van der Waals surface area contributed by atoms with Crippen molar-refractivity contribution >= 4 is 23.4 Å². The van der Waals surface area contributed by atoms with Gasteiger partial charge in [-0.3, -0.25) is 0 Å². The maximum Gasteiger partial charge on any atom is 0.240 e. The highest BCUT2D eigenvalue weighted by Gasteiger charge is 1.98. The van der Waals surface area contributed by atoms with Crippen molar-refractivity contribution in [3.63, 3.8) is 0 Å². The van der Waals surface area contributed by atoms with Crippen LogP contribution in [0.25, 0.3) is 0 Å². The van der Waals surface area contributed by atoms with Crippen LogP contribution in [0.4, 0.5) is 5.69 Å². The zero-order chi connectivity index (χ0) is 11.1. The molecule has 2 nitrogen and oxygen atoms in total. The molecule has 0 fully saturated rings. The first-order valence-corrected chi connectivity index (χ1v) is 5.02. The molecule has 0 saturated heterocycles. The first-order chi connectivity index (χ1) is 7.27. The van der Waals surface area contributed by atoms with Gasteiger partial charge in [0.15, 0.2) is 0 Å². The van der Waals surface area contributed by atoms with Crippen molar-refractivity contribution < 1.29 is 4.79 Å². The second-order valence-corrected chi connectivity index (χ2v) is 3.35. The summed E-state index contributed by atoms with van der Waals surface area (Å²) in [6.45, 7) is 2.05. The Balaban J connectivity index is 3.08. The molecule has 1 aromatic carbocycles. The summed E-state index contributed by atoms with van der Waals surface area (Å²) < 4.78 is 0. The van der Waals surface area contributed by atoms with Crippen molar-refractivity contribution in [2.24, 2.45) is 4.99 Å². The van der Waals surface area contributed by atoms with Crippen LogP contribution in [-0.2, 0) is 4.79 Å². The topological polar surface area (TPSA) is 29.4 Å². The number of carbonyl (C=O) groups excluding carboxylic acids is 1. The Kier molecular flexibility index (Phi) is 4.63. The van der Waals surface area contributed by atoms with E-state index in [2.05, 4.69) is 23.8 Å². The molecule has 0 aliphatic carbocycles. The van der Waals surface area contributed by atoms with Crippen molar-refractivity contribution in [3.05, 3.63) is 28.8 Å². The lowest BCUT2D eigenvalue weighted by Gasteiger charge is -1.96. The second-order valence-electron chi connectivity index (χ2n) is 2.92. The molecule has 0 spiro atoms. The van der Waals surface area contributed by atoms with Gasteiger partial charge in [0.05, 0.1) is 11.3 Å². The number of rotatable bonds is 2. The molecule has 0 heterocycles. The smallest absolute Gasteiger partial charge is 0.211 e. The number of halogens is 1. The van der Waals surface area contributed by atoms with Crippen LogP contribution in [0.15, 0.2) is 23.2 Å². The zero-order valence-corrected chi connectivity index (χ0v) is 9.14. The molecule has 0 aromatic heterocycles. The van der Waals surface area contributed by atoms with E-state index in [1.54, 1.807) is 18.2 Å². The Morgan fingerprint density at radius 2 is 2.27 bits per heavy atom. The van der Waals surface area contributed by atoms with Gasteiger partial charge in [-0.05, 0) is 24.6 Å². The summed E-state index contributed by atoms with van der Waals surface area (Å²) in [6.07, 6.45) is 3.31. The van der Waals surface area contributed by atoms with E-state index in [-0.39, 0.29) is 0 Å². The Morgan fingerprint density at radius 1 is 1.47 bits per heavy atom. The summed E-state index contributed by atoms with van der Waals surface area (Å²) in [4.78, 5) is 13.7. The molecule has 0 N–H and O–H groups in total. The van der Waals surface area contributed by atoms with E-state index in [4.69, 9.17) is 11.6 Å². The molecule has 15 heavy (non-hydrogen) atoms. The Hall–Kier alpha value is -1.55. The minimum Gasteiger partial charge on any atom is -0.211 e. The van der Waals surface area contributed by atoms with Gasteiger partial charge in [-0.1, -0.05) is 30.4 Å². The first-order valence-electron chi connectivity index (χ1n) is 4.64. The van der Waals surface area contributed by atoms with Crippen molar-refractivity contribution in [1.82, 2.24) is 0 Å². The fraction of sp³-hybridized carbons (Fsp3) is 0.250. The number of aliphatic imine (C=N–C) groups is 1. The molecule has 0 aliphatic rings. The summed E-state index contributed by atoms with van der Waals surface area (Å²) >= 11 is 5.82. The van der Waals surface area contributed by atoms with Crippen LogP contribution < -0.4 is 0 Å². The fourth-order valence-electron chi connectivity index (χ4n) is 1.04. The van der Waals surface area contributed by atoms with E-state index in [9.17, 15) is 4.79 Å². The summed E-state index contributed by atoms with van der Waals surface area (Å²) in [5.41, 5.74) is 1.18. The molecule has 0 unspecified atom stereocenters. The number of hydrogen-bond donors (Lipinski definition) is 0. The molecule has 0 atom stereocenters. The van der Waals surface area contributed by atoms with Gasteiger partial charge in [0.2, 0.25) is 6.08 Å². The minimum absolute atomic E-state index is 0.512. The number of hydrogen-bond acceptors (Lipinski definition) is 2. The van der Waals surface area contributed by atoms with Gasteiger partial charge in [-0.2, -0.15) is 4.99 Å². The SMILES string of the molecule is CCCC#Cc1cc(Cl)ccc1N=C=O. The Bertz CT molecular complexity index is 450. The van der Waals surface area contributed by atoms with Gasteiger partial charge >= 0.3 is 0 Å². The third kappa shape index (κ3) is 3.59. The largest absolute Gasteiger partial charge is 0.240 e. The van der Waals surface area contributed by atoms with Gasteiger partial charge in [-0.25, -0.2) is 4.79 Å². The average Bonchev–Trinajstić information content (AvgIpc) is 2.22. The molecule has 0 amide bonds. The second kappa shape index (κ2) is 6.03. The third-order valence-electron chi connectivity index (χ3n) is 1.72. The van der Waals surface area contributed by atoms with Gasteiger partial charge in [-0.15, -0.1) is 0 Å². The number of isocyanates is 1. The summed E-state index contributed by atoms with van der Waals surface area (Å²) in [5.74, 6) is 5.91. The van der Waals surface area contributed by atoms with E-state index in [0.717, 1.165) is 12.8 Å². The highest BCUT2D eigenvalue weighted by Crippen LogP contribution is 2.21. The van der Waals surface area contributed by atoms with Gasteiger partial charge in [0.1, 0.15) is 0 Å². The van der Waals surface area contributed by atoms with Crippen LogP contribution in [0.5, 0.6) is 0 Å². The van der Waals surface area contributed by atoms with Crippen LogP contribution in [-0.4, -0.2) is 6.08 Å². The van der Waals surface area contributed by atoms with Crippen LogP contribution in [0.2, 0.25) is 5.02 Å². The maximum atomic E-state index is 10.2. The fourth-order valence-corrected chi connectivity index (χ4v) is 1.21. The van der Waals surface area contributed by atoms with E-state index < -0.39 is 0 Å². The molecule has 1 aromatic rings. The quantitative estimate of drug-likeness (QED) is 0.426. The van der Waals surface area contributed by atoms with Gasteiger partial charge < -0.3 is 0 Å². The van der Waals surface area contributed by atoms with Crippen LogP contribution in [0.3, 0.4) is 0 Å². The van der Waals surface area contributed by atoms with Crippen LogP contribution >= 0.6 is 11.6 Å². The molecule has 1 rings (SSSR count). The molecular formula is C12H10ClNO. The number of unbranched alkanes of at least 4 members (excludes halogenated alkanes) is 1. The Morgan fingerprint density at radius 3 is 2.93 bits per heavy atom. The number of nitrogens with zero attached hydrogens (tertiary/aromatic N) is 1. The minimum atomic E-state index is 0.512.